The number of aryl methyl sites for hydroxylation is 1. The molecule has 0 spiro atoms. The number of hydrogen-bond acceptors (Lipinski definition) is 4. The van der Waals surface area contributed by atoms with Gasteiger partial charge in [0.2, 0.25) is 0 Å². The number of thiazole rings is 1. The molecule has 0 atom stereocenters. The number of carbonyl (C=O) groups excluding carboxylic acids is 1. The molecule has 0 unspecified atom stereocenters. The van der Waals surface area contributed by atoms with E-state index in [0.717, 1.165) is 16.9 Å². The molecule has 0 aliphatic heterocycles. The lowest BCUT2D eigenvalue weighted by Gasteiger charge is -2.04. The third kappa shape index (κ3) is 2.84. The van der Waals surface area contributed by atoms with Gasteiger partial charge in [0.25, 0.3) is 5.91 Å². The molecule has 0 aliphatic rings. The molecule has 18 heavy (non-hydrogen) atoms. The maximum atomic E-state index is 12.7. The Labute approximate surface area is 108 Å². The van der Waals surface area contributed by atoms with Crippen LogP contribution in [0.5, 0.6) is 0 Å². The average Bonchev–Trinajstić information content (AvgIpc) is 2.67. The number of rotatable bonds is 3. The molecule has 1 aromatic heterocycles. The van der Waals surface area contributed by atoms with Crippen molar-refractivity contribution in [3.8, 4) is 0 Å². The zero-order valence-electron chi connectivity index (χ0n) is 9.74. The molecule has 3 N–H and O–H groups in total. The van der Waals surface area contributed by atoms with Crippen molar-refractivity contribution in [3.05, 3.63) is 46.2 Å². The molecular weight excluding hydrogens is 253 g/mol. The summed E-state index contributed by atoms with van der Waals surface area (Å²) in [5.74, 6) is -0.512. The lowest BCUT2D eigenvalue weighted by Crippen LogP contribution is -2.22. The van der Waals surface area contributed by atoms with Gasteiger partial charge in [-0.1, -0.05) is 23.5 Å². The summed E-state index contributed by atoms with van der Waals surface area (Å²) in [6, 6.07) is 5.97. The van der Waals surface area contributed by atoms with Gasteiger partial charge in [-0.3, -0.25) is 4.79 Å². The first-order valence-electron chi connectivity index (χ1n) is 5.32. The Hall–Kier alpha value is -1.95. The number of nitrogens with zero attached hydrogens (tertiary/aromatic N) is 1. The number of hydrogen-bond donors (Lipinski definition) is 2. The normalized spacial score (nSPS) is 10.3. The second-order valence-electron chi connectivity index (χ2n) is 3.78. The van der Waals surface area contributed by atoms with Gasteiger partial charge < -0.3 is 11.1 Å². The monoisotopic (exact) mass is 265 g/mol. The minimum atomic E-state index is -0.295. The molecule has 94 valence electrons. The van der Waals surface area contributed by atoms with E-state index in [-0.39, 0.29) is 11.7 Å². The predicted octanol–water partition coefficient (Wildman–Crippen LogP) is 2.10. The lowest BCUT2D eigenvalue weighted by molar-refractivity contribution is 0.0954. The van der Waals surface area contributed by atoms with Gasteiger partial charge >= 0.3 is 0 Å². The van der Waals surface area contributed by atoms with Crippen LogP contribution in [0.15, 0.2) is 24.3 Å². The zero-order chi connectivity index (χ0) is 13.1. The number of nitrogen functional groups attached to an aromatic ring is 1. The van der Waals surface area contributed by atoms with Crippen LogP contribution in [0.2, 0.25) is 0 Å². The van der Waals surface area contributed by atoms with Crippen LogP contribution in [0, 0.1) is 12.7 Å². The molecule has 0 radical (unpaired) electrons. The Morgan fingerprint density at radius 3 is 2.67 bits per heavy atom. The van der Waals surface area contributed by atoms with Crippen LogP contribution in [0.3, 0.4) is 0 Å². The van der Waals surface area contributed by atoms with E-state index < -0.39 is 0 Å². The van der Waals surface area contributed by atoms with Crippen molar-refractivity contribution in [2.45, 2.75) is 13.5 Å². The summed E-state index contributed by atoms with van der Waals surface area (Å²) in [6.07, 6.45) is 0. The fraction of sp³-hybridized carbons (Fsp3) is 0.167. The van der Waals surface area contributed by atoms with E-state index in [1.165, 1.54) is 12.1 Å². The van der Waals surface area contributed by atoms with Gasteiger partial charge in [0.1, 0.15) is 10.7 Å². The standard InChI is InChI=1S/C12H12FN3OS/c1-7-10(18-12(14)16-7)11(17)15-6-8-2-4-9(13)5-3-8/h2-5H,6H2,1H3,(H2,14,16)(H,15,17). The fourth-order valence-corrected chi connectivity index (χ4v) is 2.24. The van der Waals surface area contributed by atoms with Gasteiger partial charge in [-0.05, 0) is 24.6 Å². The van der Waals surface area contributed by atoms with Gasteiger partial charge in [0.05, 0.1) is 5.69 Å². The molecule has 2 aromatic rings. The number of nitrogens with two attached hydrogens (primary N) is 1. The van der Waals surface area contributed by atoms with Crippen LogP contribution in [0.4, 0.5) is 9.52 Å². The van der Waals surface area contributed by atoms with Crippen LogP contribution in [0.25, 0.3) is 0 Å². The third-order valence-corrected chi connectivity index (χ3v) is 3.37. The number of benzene rings is 1. The molecule has 0 saturated carbocycles. The highest BCUT2D eigenvalue weighted by molar-refractivity contribution is 7.17. The molecule has 1 aromatic carbocycles. The average molecular weight is 265 g/mol. The van der Waals surface area contributed by atoms with Gasteiger partial charge in [-0.25, -0.2) is 9.37 Å². The highest BCUT2D eigenvalue weighted by atomic mass is 32.1. The van der Waals surface area contributed by atoms with Crippen molar-refractivity contribution < 1.29 is 9.18 Å². The van der Waals surface area contributed by atoms with E-state index in [0.29, 0.717) is 22.2 Å². The Bertz CT molecular complexity index is 565. The van der Waals surface area contributed by atoms with Crippen LogP contribution in [0.1, 0.15) is 20.9 Å². The number of aromatic nitrogens is 1. The number of halogens is 1. The molecular formula is C12H12FN3OS. The van der Waals surface area contributed by atoms with E-state index >= 15 is 0 Å². The van der Waals surface area contributed by atoms with Crippen molar-refractivity contribution in [1.29, 1.82) is 0 Å². The molecule has 2 rings (SSSR count). The molecule has 0 saturated heterocycles. The molecule has 0 fully saturated rings. The van der Waals surface area contributed by atoms with E-state index in [9.17, 15) is 9.18 Å². The molecule has 0 aliphatic carbocycles. The van der Waals surface area contributed by atoms with E-state index in [1.807, 2.05) is 0 Å². The molecule has 0 bridgehead atoms. The number of carbonyl (C=O) groups is 1. The Kier molecular flexibility index (Phi) is 3.57. The topological polar surface area (TPSA) is 68.0 Å². The first-order chi connectivity index (χ1) is 8.56. The number of nitrogens with one attached hydrogen (secondary N) is 1. The molecule has 1 heterocycles. The minimum absolute atomic E-state index is 0.217. The van der Waals surface area contributed by atoms with Gasteiger partial charge in [-0.2, -0.15) is 0 Å². The van der Waals surface area contributed by atoms with Gasteiger partial charge in [-0.15, -0.1) is 0 Å². The Morgan fingerprint density at radius 2 is 2.11 bits per heavy atom. The summed E-state index contributed by atoms with van der Waals surface area (Å²) in [4.78, 5) is 16.3. The van der Waals surface area contributed by atoms with E-state index in [2.05, 4.69) is 10.3 Å². The molecule has 4 nitrogen and oxygen atoms in total. The Morgan fingerprint density at radius 1 is 1.44 bits per heavy atom. The quantitative estimate of drug-likeness (QED) is 0.893. The van der Waals surface area contributed by atoms with Crippen LogP contribution in [-0.4, -0.2) is 10.9 Å². The highest BCUT2D eigenvalue weighted by Crippen LogP contribution is 2.19. The van der Waals surface area contributed by atoms with E-state index in [4.69, 9.17) is 5.73 Å². The minimum Gasteiger partial charge on any atom is -0.375 e. The SMILES string of the molecule is Cc1nc(N)sc1C(=O)NCc1ccc(F)cc1. The highest BCUT2D eigenvalue weighted by Gasteiger charge is 2.13. The largest absolute Gasteiger partial charge is 0.375 e. The van der Waals surface area contributed by atoms with Crippen molar-refractivity contribution in [3.63, 3.8) is 0 Å². The second kappa shape index (κ2) is 5.14. The van der Waals surface area contributed by atoms with Crippen molar-refractivity contribution in [2.75, 3.05) is 5.73 Å². The summed E-state index contributed by atoms with van der Waals surface area (Å²) in [7, 11) is 0. The van der Waals surface area contributed by atoms with Crippen molar-refractivity contribution in [1.82, 2.24) is 10.3 Å². The summed E-state index contributed by atoms with van der Waals surface area (Å²) in [5, 5.41) is 3.12. The maximum Gasteiger partial charge on any atom is 0.263 e. The number of anilines is 1. The zero-order valence-corrected chi connectivity index (χ0v) is 10.6. The maximum absolute atomic E-state index is 12.7. The van der Waals surface area contributed by atoms with Crippen LogP contribution in [-0.2, 0) is 6.54 Å². The van der Waals surface area contributed by atoms with E-state index in [1.54, 1.807) is 19.1 Å². The van der Waals surface area contributed by atoms with Gasteiger partial charge in [0, 0.05) is 6.54 Å². The molecule has 6 heteroatoms. The van der Waals surface area contributed by atoms with Crippen LogP contribution < -0.4 is 11.1 Å². The van der Waals surface area contributed by atoms with Crippen molar-refractivity contribution in [2.24, 2.45) is 0 Å². The predicted molar refractivity (Wildman–Crippen MR) is 68.8 cm³/mol. The van der Waals surface area contributed by atoms with Crippen molar-refractivity contribution >= 4 is 22.4 Å². The summed E-state index contributed by atoms with van der Waals surface area (Å²) >= 11 is 1.15. The Balaban J connectivity index is 2.00. The van der Waals surface area contributed by atoms with Gasteiger partial charge in [0.15, 0.2) is 5.13 Å². The summed E-state index contributed by atoms with van der Waals surface area (Å²) in [6.45, 7) is 2.08. The fourth-order valence-electron chi connectivity index (χ4n) is 1.49. The number of amides is 1. The molecule has 1 amide bonds. The third-order valence-electron chi connectivity index (χ3n) is 2.39. The summed E-state index contributed by atoms with van der Waals surface area (Å²) in [5.41, 5.74) is 6.98. The smallest absolute Gasteiger partial charge is 0.263 e. The second-order valence-corrected chi connectivity index (χ2v) is 4.81. The summed E-state index contributed by atoms with van der Waals surface area (Å²) < 4.78 is 12.7. The first-order valence-corrected chi connectivity index (χ1v) is 6.13. The first kappa shape index (κ1) is 12.5. The lowest BCUT2D eigenvalue weighted by atomic mass is 10.2. The van der Waals surface area contributed by atoms with Crippen LogP contribution >= 0.6 is 11.3 Å².